The van der Waals surface area contributed by atoms with Crippen LogP contribution in [0, 0.1) is 0 Å². The van der Waals surface area contributed by atoms with Gasteiger partial charge in [0.2, 0.25) is 11.1 Å². The lowest BCUT2D eigenvalue weighted by Crippen LogP contribution is -2.45. The summed E-state index contributed by atoms with van der Waals surface area (Å²) in [7, 11) is 0. The highest BCUT2D eigenvalue weighted by molar-refractivity contribution is 8.00. The van der Waals surface area contributed by atoms with E-state index in [0.717, 1.165) is 30.6 Å². The molecular weight excluding hydrogens is 434 g/mol. The lowest BCUT2D eigenvalue weighted by atomic mass is 10.0. The van der Waals surface area contributed by atoms with Crippen LogP contribution in [-0.2, 0) is 9.53 Å². The maximum absolute atomic E-state index is 13.2. The number of halogens is 1. The number of carbonyl (C=O) groups is 1. The van der Waals surface area contributed by atoms with Gasteiger partial charge in [-0.05, 0) is 30.5 Å². The van der Waals surface area contributed by atoms with Crippen molar-refractivity contribution in [1.29, 1.82) is 0 Å². The molecule has 1 aromatic heterocycles. The molecule has 2 aliphatic rings. The van der Waals surface area contributed by atoms with Crippen molar-refractivity contribution in [3.8, 4) is 11.4 Å². The molecule has 0 bridgehead atoms. The maximum Gasteiger partial charge on any atom is 0.236 e. The van der Waals surface area contributed by atoms with Gasteiger partial charge in [-0.2, -0.15) is 0 Å². The fraction of sp³-hybridized carbons (Fsp3) is 0.318. The number of nitrogens with zero attached hydrogens (tertiary/aromatic N) is 3. The molecule has 5 rings (SSSR count). The Morgan fingerprint density at radius 1 is 1.19 bits per heavy atom. The van der Waals surface area contributed by atoms with Gasteiger partial charge in [0.15, 0.2) is 5.82 Å². The highest BCUT2D eigenvalue weighted by atomic mass is 35.5. The van der Waals surface area contributed by atoms with Crippen LogP contribution in [0.1, 0.15) is 24.4 Å². The smallest absolute Gasteiger partial charge is 0.236 e. The minimum Gasteiger partial charge on any atom is -0.376 e. The quantitative estimate of drug-likeness (QED) is 0.611. The minimum absolute atomic E-state index is 0.0524. The van der Waals surface area contributed by atoms with Crippen LogP contribution >= 0.6 is 23.4 Å². The van der Waals surface area contributed by atoms with Crippen LogP contribution < -0.4 is 10.7 Å². The highest BCUT2D eigenvalue weighted by Crippen LogP contribution is 2.38. The van der Waals surface area contributed by atoms with E-state index in [9.17, 15) is 4.79 Å². The predicted octanol–water partition coefficient (Wildman–Crippen LogP) is 3.65. The molecule has 0 spiro atoms. The molecule has 3 atom stereocenters. The van der Waals surface area contributed by atoms with E-state index in [1.54, 1.807) is 0 Å². The summed E-state index contributed by atoms with van der Waals surface area (Å²) in [5.41, 5.74) is 5.39. The van der Waals surface area contributed by atoms with Gasteiger partial charge in [0, 0.05) is 23.7 Å². The molecule has 1 fully saturated rings. The molecule has 2 aromatic carbocycles. The van der Waals surface area contributed by atoms with Crippen molar-refractivity contribution in [3.63, 3.8) is 0 Å². The van der Waals surface area contributed by atoms with Crippen molar-refractivity contribution in [2.75, 3.05) is 18.6 Å². The second-order valence-corrected chi connectivity index (χ2v) is 9.13. The summed E-state index contributed by atoms with van der Waals surface area (Å²) >= 11 is 7.51. The fourth-order valence-corrected chi connectivity index (χ4v) is 5.10. The molecule has 0 saturated carbocycles. The van der Waals surface area contributed by atoms with Crippen LogP contribution in [0.25, 0.3) is 11.4 Å². The van der Waals surface area contributed by atoms with E-state index in [0.29, 0.717) is 22.5 Å². The molecule has 2 aliphatic heterocycles. The average molecular weight is 456 g/mol. The monoisotopic (exact) mass is 455 g/mol. The van der Waals surface area contributed by atoms with Crippen molar-refractivity contribution in [3.05, 3.63) is 65.2 Å². The Labute approximate surface area is 189 Å². The van der Waals surface area contributed by atoms with Gasteiger partial charge in [-0.25, -0.2) is 4.68 Å². The molecule has 0 aliphatic carbocycles. The van der Waals surface area contributed by atoms with Gasteiger partial charge in [-0.15, -0.1) is 10.2 Å². The maximum atomic E-state index is 13.2. The van der Waals surface area contributed by atoms with Gasteiger partial charge in [0.05, 0.1) is 12.1 Å². The van der Waals surface area contributed by atoms with E-state index < -0.39 is 5.25 Å². The van der Waals surface area contributed by atoms with Gasteiger partial charge < -0.3 is 15.5 Å². The Kier molecular flexibility index (Phi) is 5.85. The van der Waals surface area contributed by atoms with E-state index in [4.69, 9.17) is 16.3 Å². The van der Waals surface area contributed by atoms with Crippen molar-refractivity contribution < 1.29 is 9.53 Å². The number of amides is 1. The summed E-state index contributed by atoms with van der Waals surface area (Å²) in [5.74, 6) is 0.656. The van der Waals surface area contributed by atoms with Crippen molar-refractivity contribution >= 4 is 29.3 Å². The number of hydrogen-bond donors (Lipinski definition) is 2. The fourth-order valence-electron chi connectivity index (χ4n) is 3.87. The zero-order valence-electron chi connectivity index (χ0n) is 16.7. The Hall–Kier alpha value is -2.55. The molecule has 0 unspecified atom stereocenters. The molecule has 3 heterocycles. The molecule has 9 heteroatoms. The standard InChI is InChI=1S/C22H22ClN5O2S/c23-16-10-8-14(9-11-16)18-19(21(29)24-13-17-7-4-12-30-17)31-22-26-25-20(28(22)27-18)15-5-2-1-3-6-15/h1-3,5-6,8-11,17-19,27H,4,7,12-13H2,(H,24,29)/t17-,18+,19+/m0/s1. The van der Waals surface area contributed by atoms with Crippen LogP contribution in [0.4, 0.5) is 0 Å². The van der Waals surface area contributed by atoms with Gasteiger partial charge in [-0.3, -0.25) is 4.79 Å². The number of fused-ring (bicyclic) bond motifs is 1. The first kappa shape index (κ1) is 20.4. The number of nitrogens with one attached hydrogen (secondary N) is 2. The predicted molar refractivity (Wildman–Crippen MR) is 121 cm³/mol. The third kappa shape index (κ3) is 4.28. The third-order valence-corrected chi connectivity index (χ3v) is 6.95. The normalized spacial score (nSPS) is 22.5. The van der Waals surface area contributed by atoms with E-state index in [1.165, 1.54) is 11.8 Å². The van der Waals surface area contributed by atoms with Crippen molar-refractivity contribution in [1.82, 2.24) is 20.2 Å². The second kappa shape index (κ2) is 8.90. The molecule has 1 saturated heterocycles. The Morgan fingerprint density at radius 2 is 2.00 bits per heavy atom. The van der Waals surface area contributed by atoms with Crippen LogP contribution in [0.3, 0.4) is 0 Å². The zero-order chi connectivity index (χ0) is 21.2. The molecule has 3 aromatic rings. The van der Waals surface area contributed by atoms with Crippen molar-refractivity contribution in [2.24, 2.45) is 0 Å². The first-order chi connectivity index (χ1) is 15.2. The summed E-state index contributed by atoms with van der Waals surface area (Å²) in [6.45, 7) is 1.28. The Morgan fingerprint density at radius 3 is 2.74 bits per heavy atom. The largest absolute Gasteiger partial charge is 0.376 e. The summed E-state index contributed by atoms with van der Waals surface area (Å²) in [6.07, 6.45) is 2.11. The summed E-state index contributed by atoms with van der Waals surface area (Å²) in [5, 5.41) is 12.7. The van der Waals surface area contributed by atoms with E-state index in [2.05, 4.69) is 20.9 Å². The van der Waals surface area contributed by atoms with Crippen LogP contribution in [0.2, 0.25) is 5.02 Å². The van der Waals surface area contributed by atoms with E-state index in [-0.39, 0.29) is 18.1 Å². The first-order valence-corrected chi connectivity index (χ1v) is 11.5. The summed E-state index contributed by atoms with van der Waals surface area (Å²) in [4.78, 5) is 13.2. The zero-order valence-corrected chi connectivity index (χ0v) is 18.3. The first-order valence-electron chi connectivity index (χ1n) is 10.3. The summed E-state index contributed by atoms with van der Waals surface area (Å²) < 4.78 is 7.51. The Balaban J connectivity index is 1.44. The third-order valence-electron chi connectivity index (χ3n) is 5.48. The molecule has 7 nitrogen and oxygen atoms in total. The Bertz CT molecular complexity index is 1050. The number of carbonyl (C=O) groups excluding carboxylic acids is 1. The highest BCUT2D eigenvalue weighted by Gasteiger charge is 2.38. The topological polar surface area (TPSA) is 81.1 Å². The van der Waals surface area contributed by atoms with Crippen LogP contribution in [-0.4, -0.2) is 45.3 Å². The number of benzene rings is 2. The summed E-state index contributed by atoms with van der Waals surface area (Å²) in [6, 6.07) is 17.1. The average Bonchev–Trinajstić information content (AvgIpc) is 3.47. The lowest BCUT2D eigenvalue weighted by Gasteiger charge is -2.33. The van der Waals surface area contributed by atoms with Gasteiger partial charge in [0.1, 0.15) is 5.25 Å². The number of thioether (sulfide) groups is 1. The molecule has 1 amide bonds. The minimum atomic E-state index is -0.414. The van der Waals surface area contributed by atoms with Crippen LogP contribution in [0.15, 0.2) is 59.8 Å². The number of ether oxygens (including phenoxy) is 1. The van der Waals surface area contributed by atoms with Gasteiger partial charge in [-0.1, -0.05) is 65.8 Å². The molecule has 160 valence electrons. The SMILES string of the molecule is O=C(NC[C@@H]1CCCO1)[C@@H]1Sc2nnc(-c3ccccc3)n2N[C@@H]1c1ccc(Cl)cc1. The lowest BCUT2D eigenvalue weighted by molar-refractivity contribution is -0.121. The van der Waals surface area contributed by atoms with E-state index in [1.807, 2.05) is 59.3 Å². The van der Waals surface area contributed by atoms with Crippen LogP contribution in [0.5, 0.6) is 0 Å². The molecule has 31 heavy (non-hydrogen) atoms. The number of hydrogen-bond acceptors (Lipinski definition) is 6. The molecular formula is C22H22ClN5O2S. The second-order valence-electron chi connectivity index (χ2n) is 7.58. The van der Waals surface area contributed by atoms with E-state index >= 15 is 0 Å². The molecule has 2 N–H and O–H groups in total. The number of rotatable bonds is 5. The van der Waals surface area contributed by atoms with Crippen molar-refractivity contribution in [2.45, 2.75) is 35.4 Å². The van der Waals surface area contributed by atoms with Gasteiger partial charge in [0.25, 0.3) is 0 Å². The molecule has 0 radical (unpaired) electrons. The van der Waals surface area contributed by atoms with Gasteiger partial charge >= 0.3 is 0 Å². The number of aromatic nitrogens is 3.